The number of rotatable bonds is 7. The Morgan fingerprint density at radius 1 is 1.08 bits per heavy atom. The smallest absolute Gasteiger partial charge is 0.408 e. The lowest BCUT2D eigenvalue weighted by molar-refractivity contribution is -0.140. The number of ketones is 1. The maximum Gasteiger partial charge on any atom is 0.408 e. The van der Waals surface area contributed by atoms with Gasteiger partial charge in [0.05, 0.1) is 6.04 Å². The van der Waals surface area contributed by atoms with E-state index in [1.165, 1.54) is 0 Å². The Morgan fingerprint density at radius 3 is 2.62 bits per heavy atom. The normalized spacial score (nSPS) is 17.4. The molecule has 2 atom stereocenters. The van der Waals surface area contributed by atoms with Crippen LogP contribution in [0.4, 0.5) is 4.79 Å². The van der Waals surface area contributed by atoms with Gasteiger partial charge in [-0.1, -0.05) is 44.2 Å². The maximum atomic E-state index is 13.3. The molecule has 0 bridgehead atoms. The molecule has 9 heteroatoms. The third-order valence-corrected chi connectivity index (χ3v) is 6.25. The third kappa shape index (κ3) is 9.00. The number of aromatic nitrogens is 1. The molecule has 2 heterocycles. The quantitative estimate of drug-likeness (QED) is 0.494. The van der Waals surface area contributed by atoms with Crippen LogP contribution in [0.15, 0.2) is 48.8 Å². The van der Waals surface area contributed by atoms with Crippen molar-refractivity contribution in [2.45, 2.75) is 71.1 Å². The van der Waals surface area contributed by atoms with Gasteiger partial charge in [0.2, 0.25) is 11.7 Å². The number of carbonyl (C=O) groups is 4. The Morgan fingerprint density at radius 2 is 1.86 bits per heavy atom. The Kier molecular flexibility index (Phi) is 10.6. The second-order valence-electron chi connectivity index (χ2n) is 9.71. The van der Waals surface area contributed by atoms with Crippen LogP contribution in [0.1, 0.15) is 56.2 Å². The molecule has 1 aromatic heterocycles. The average Bonchev–Trinajstić information content (AvgIpc) is 2.89. The van der Waals surface area contributed by atoms with Crippen LogP contribution in [-0.2, 0) is 38.6 Å². The SMILES string of the molecule is CC(C)CC(NC(=O)OCc1ccccc1)C(=O)NC1CCc2cnccc2CCCCNC(=O)C1=O. The second kappa shape index (κ2) is 14.1. The molecule has 3 rings (SSSR count). The molecule has 9 nitrogen and oxygen atoms in total. The van der Waals surface area contributed by atoms with Gasteiger partial charge in [0.15, 0.2) is 0 Å². The molecule has 37 heavy (non-hydrogen) atoms. The number of carbonyl (C=O) groups excluding carboxylic acids is 4. The minimum atomic E-state index is -1.03. The van der Waals surface area contributed by atoms with Crippen molar-refractivity contribution < 1.29 is 23.9 Å². The van der Waals surface area contributed by atoms with Gasteiger partial charge in [-0.15, -0.1) is 0 Å². The van der Waals surface area contributed by atoms with Gasteiger partial charge in [-0.2, -0.15) is 0 Å². The van der Waals surface area contributed by atoms with Crippen LogP contribution in [0.5, 0.6) is 0 Å². The third-order valence-electron chi connectivity index (χ3n) is 6.25. The van der Waals surface area contributed by atoms with Gasteiger partial charge < -0.3 is 20.7 Å². The second-order valence-corrected chi connectivity index (χ2v) is 9.71. The van der Waals surface area contributed by atoms with Crippen molar-refractivity contribution in [1.29, 1.82) is 0 Å². The van der Waals surface area contributed by atoms with Crippen LogP contribution in [0.25, 0.3) is 0 Å². The van der Waals surface area contributed by atoms with Crippen molar-refractivity contribution in [3.05, 3.63) is 65.5 Å². The number of Topliss-reactive ketones (excluding diaryl/α,β-unsaturated/α-hetero) is 1. The van der Waals surface area contributed by atoms with E-state index in [1.807, 2.05) is 50.2 Å². The predicted octanol–water partition coefficient (Wildman–Crippen LogP) is 2.86. The van der Waals surface area contributed by atoms with E-state index < -0.39 is 35.8 Å². The Bertz CT molecular complexity index is 1070. The zero-order valence-electron chi connectivity index (χ0n) is 21.5. The molecule has 0 fully saturated rings. The highest BCUT2D eigenvalue weighted by molar-refractivity contribution is 6.38. The fraction of sp³-hybridized carbons (Fsp3) is 0.464. The van der Waals surface area contributed by atoms with Crippen LogP contribution in [0.3, 0.4) is 0 Å². The minimum absolute atomic E-state index is 0.0669. The summed E-state index contributed by atoms with van der Waals surface area (Å²) in [7, 11) is 0. The molecule has 0 aliphatic carbocycles. The summed E-state index contributed by atoms with van der Waals surface area (Å²) in [6.07, 6.45) is 6.32. The number of hydrogen-bond acceptors (Lipinski definition) is 6. The van der Waals surface area contributed by atoms with E-state index in [2.05, 4.69) is 20.9 Å². The van der Waals surface area contributed by atoms with Crippen molar-refractivity contribution in [2.24, 2.45) is 5.92 Å². The highest BCUT2D eigenvalue weighted by Crippen LogP contribution is 2.15. The molecule has 0 spiro atoms. The topological polar surface area (TPSA) is 126 Å². The van der Waals surface area contributed by atoms with Crippen molar-refractivity contribution in [3.8, 4) is 0 Å². The highest BCUT2D eigenvalue weighted by atomic mass is 16.5. The molecule has 3 amide bonds. The number of hydrogen-bond donors (Lipinski definition) is 3. The largest absolute Gasteiger partial charge is 0.445 e. The summed E-state index contributed by atoms with van der Waals surface area (Å²) in [5.74, 6) is -1.87. The molecule has 198 valence electrons. The number of alkyl carbamates (subject to hydrolysis) is 1. The zero-order valence-corrected chi connectivity index (χ0v) is 21.5. The van der Waals surface area contributed by atoms with Crippen LogP contribution in [0, 0.1) is 5.92 Å². The zero-order chi connectivity index (χ0) is 26.6. The number of amides is 3. The number of benzene rings is 1. The lowest BCUT2D eigenvalue weighted by Crippen LogP contribution is -2.54. The van der Waals surface area contributed by atoms with Crippen molar-refractivity contribution >= 4 is 23.7 Å². The standard InChI is InChI=1S/C28H36N4O5/c1-19(2)16-24(32-28(36)37-18-20-8-4-3-5-9-20)26(34)31-23-12-11-22-17-29-15-13-21(22)10-6-7-14-30-27(35)25(23)33/h3-5,8-9,13,15,17,19,23-24H,6-7,10-12,14,16,18H2,1-2H3,(H,30,35)(H,31,34)(H,32,36). The number of ether oxygens (including phenoxy) is 1. The van der Waals surface area contributed by atoms with Gasteiger partial charge in [-0.05, 0) is 67.2 Å². The Labute approximate surface area is 217 Å². The molecular weight excluding hydrogens is 472 g/mol. The van der Waals surface area contributed by atoms with Crippen LogP contribution < -0.4 is 16.0 Å². The Hall–Kier alpha value is -3.75. The summed E-state index contributed by atoms with van der Waals surface area (Å²) >= 11 is 0. The fourth-order valence-electron chi connectivity index (χ4n) is 4.26. The summed E-state index contributed by atoms with van der Waals surface area (Å²) in [4.78, 5) is 55.4. The lowest BCUT2D eigenvalue weighted by Gasteiger charge is -2.24. The van der Waals surface area contributed by atoms with Crippen molar-refractivity contribution in [2.75, 3.05) is 6.54 Å². The average molecular weight is 509 g/mol. The van der Waals surface area contributed by atoms with E-state index in [0.717, 1.165) is 36.0 Å². The first-order chi connectivity index (χ1) is 17.8. The maximum absolute atomic E-state index is 13.3. The lowest BCUT2D eigenvalue weighted by atomic mass is 9.96. The van der Waals surface area contributed by atoms with E-state index in [1.54, 1.807) is 12.4 Å². The van der Waals surface area contributed by atoms with E-state index in [-0.39, 0.29) is 18.9 Å². The molecule has 1 aliphatic rings. The molecule has 1 aromatic carbocycles. The Balaban J connectivity index is 1.70. The fourth-order valence-corrected chi connectivity index (χ4v) is 4.26. The summed E-state index contributed by atoms with van der Waals surface area (Å²) < 4.78 is 5.28. The van der Waals surface area contributed by atoms with Gasteiger partial charge in [-0.25, -0.2) is 4.79 Å². The molecule has 0 saturated heterocycles. The van der Waals surface area contributed by atoms with Gasteiger partial charge >= 0.3 is 6.09 Å². The first-order valence-electron chi connectivity index (χ1n) is 12.8. The van der Waals surface area contributed by atoms with E-state index in [9.17, 15) is 19.2 Å². The number of aryl methyl sites for hydroxylation is 2. The molecule has 2 unspecified atom stereocenters. The monoisotopic (exact) mass is 508 g/mol. The van der Waals surface area contributed by atoms with Crippen LogP contribution in [-0.4, -0.2) is 47.3 Å². The predicted molar refractivity (Wildman–Crippen MR) is 138 cm³/mol. The van der Waals surface area contributed by atoms with Gasteiger partial charge in [-0.3, -0.25) is 19.4 Å². The first kappa shape index (κ1) is 27.8. The number of pyridine rings is 1. The number of nitrogens with one attached hydrogen (secondary N) is 3. The minimum Gasteiger partial charge on any atom is -0.445 e. The number of fused-ring (bicyclic) bond motifs is 1. The summed E-state index contributed by atoms with van der Waals surface area (Å²) in [6.45, 7) is 4.30. The molecular formula is C28H36N4O5. The van der Waals surface area contributed by atoms with Crippen molar-refractivity contribution in [1.82, 2.24) is 20.9 Å². The molecule has 0 saturated carbocycles. The summed E-state index contributed by atoms with van der Waals surface area (Å²) in [5.41, 5.74) is 2.97. The number of nitrogens with zero attached hydrogens (tertiary/aromatic N) is 1. The summed E-state index contributed by atoms with van der Waals surface area (Å²) in [5, 5.41) is 8.01. The first-order valence-corrected chi connectivity index (χ1v) is 12.8. The van der Waals surface area contributed by atoms with E-state index in [0.29, 0.717) is 19.4 Å². The highest BCUT2D eigenvalue weighted by Gasteiger charge is 2.31. The van der Waals surface area contributed by atoms with Crippen molar-refractivity contribution in [3.63, 3.8) is 0 Å². The van der Waals surface area contributed by atoms with E-state index >= 15 is 0 Å². The van der Waals surface area contributed by atoms with Gasteiger partial charge in [0, 0.05) is 18.9 Å². The van der Waals surface area contributed by atoms with Crippen LogP contribution in [0.2, 0.25) is 0 Å². The van der Waals surface area contributed by atoms with Crippen LogP contribution >= 0.6 is 0 Å². The van der Waals surface area contributed by atoms with Gasteiger partial charge in [0.25, 0.3) is 5.91 Å². The molecule has 0 radical (unpaired) electrons. The van der Waals surface area contributed by atoms with Gasteiger partial charge in [0.1, 0.15) is 12.6 Å². The molecule has 1 aliphatic heterocycles. The van der Waals surface area contributed by atoms with E-state index in [4.69, 9.17) is 4.74 Å². The molecule has 2 aromatic rings. The molecule has 3 N–H and O–H groups in total. The summed E-state index contributed by atoms with van der Waals surface area (Å²) in [6, 6.07) is 9.24.